The zero-order valence-corrected chi connectivity index (χ0v) is 23.8. The number of halogens is 2. The first-order chi connectivity index (χ1) is 20.9. The summed E-state index contributed by atoms with van der Waals surface area (Å²) < 4.78 is 51.0. The summed E-state index contributed by atoms with van der Waals surface area (Å²) >= 11 is 0. The largest absolute Gasteiger partial charge is 0.493 e. The number of carbonyl (C=O) groups is 2. The van der Waals surface area contributed by atoms with Gasteiger partial charge in [0.15, 0.2) is 23.1 Å². The Morgan fingerprint density at radius 2 is 1.58 bits per heavy atom. The summed E-state index contributed by atoms with van der Waals surface area (Å²) in [4.78, 5) is 31.4. The third-order valence-corrected chi connectivity index (χ3v) is 7.08. The van der Waals surface area contributed by atoms with Crippen molar-refractivity contribution in [3.05, 3.63) is 89.6 Å². The highest BCUT2D eigenvalue weighted by molar-refractivity contribution is 6.00. The van der Waals surface area contributed by atoms with Crippen LogP contribution in [-0.4, -0.2) is 68.0 Å². The molecule has 224 valence electrons. The molecule has 0 amide bonds. The van der Waals surface area contributed by atoms with Gasteiger partial charge in [0.05, 0.1) is 32.3 Å². The van der Waals surface area contributed by atoms with Crippen molar-refractivity contribution in [2.24, 2.45) is 0 Å². The van der Waals surface area contributed by atoms with Gasteiger partial charge in [0.2, 0.25) is 0 Å². The van der Waals surface area contributed by atoms with Crippen molar-refractivity contribution >= 4 is 22.5 Å². The normalized spacial score (nSPS) is 13.6. The van der Waals surface area contributed by atoms with E-state index in [2.05, 4.69) is 9.88 Å². The lowest BCUT2D eigenvalue weighted by atomic mass is 10.0. The lowest BCUT2D eigenvalue weighted by molar-refractivity contribution is -0.126. The van der Waals surface area contributed by atoms with E-state index in [1.54, 1.807) is 37.6 Å². The van der Waals surface area contributed by atoms with E-state index < -0.39 is 11.6 Å². The molecule has 43 heavy (non-hydrogen) atoms. The van der Waals surface area contributed by atoms with Crippen LogP contribution in [0.25, 0.3) is 10.9 Å². The van der Waals surface area contributed by atoms with E-state index in [4.69, 9.17) is 18.9 Å². The first kappa shape index (κ1) is 30.1. The maximum atomic E-state index is 15.1. The molecule has 0 atom stereocenters. The lowest BCUT2D eigenvalue weighted by Crippen LogP contribution is -2.38. The van der Waals surface area contributed by atoms with Gasteiger partial charge in [-0.2, -0.15) is 0 Å². The Bertz CT molecular complexity index is 1590. The summed E-state index contributed by atoms with van der Waals surface area (Å²) in [5.74, 6) is -0.285. The molecule has 1 saturated heterocycles. The smallest absolute Gasteiger partial charge is 0.166 e. The van der Waals surface area contributed by atoms with Crippen LogP contribution in [0.4, 0.5) is 8.78 Å². The molecule has 0 aliphatic carbocycles. The minimum atomic E-state index is -0.650. The van der Waals surface area contributed by atoms with Crippen LogP contribution in [-0.2, 0) is 27.2 Å². The maximum absolute atomic E-state index is 15.1. The molecule has 1 aromatic heterocycles. The van der Waals surface area contributed by atoms with Gasteiger partial charge in [-0.15, -0.1) is 0 Å². The molecular formula is C33H32F2N2O6. The van der Waals surface area contributed by atoms with Crippen molar-refractivity contribution in [2.45, 2.75) is 19.3 Å². The fourth-order valence-electron chi connectivity index (χ4n) is 4.86. The number of hydrogen-bond acceptors (Lipinski definition) is 8. The van der Waals surface area contributed by atoms with Crippen LogP contribution < -0.4 is 14.2 Å². The average molecular weight is 591 g/mol. The molecule has 0 bridgehead atoms. The Kier molecular flexibility index (Phi) is 9.91. The quantitative estimate of drug-likeness (QED) is 0.193. The predicted octanol–water partition coefficient (Wildman–Crippen LogP) is 5.34. The molecule has 0 spiro atoms. The van der Waals surface area contributed by atoms with Crippen molar-refractivity contribution in [1.29, 1.82) is 0 Å². The van der Waals surface area contributed by atoms with Crippen LogP contribution in [0.3, 0.4) is 0 Å². The van der Waals surface area contributed by atoms with Crippen LogP contribution in [0.5, 0.6) is 23.0 Å². The van der Waals surface area contributed by atoms with E-state index >= 15 is 4.39 Å². The van der Waals surface area contributed by atoms with Crippen molar-refractivity contribution in [3.8, 4) is 23.0 Å². The van der Waals surface area contributed by atoms with Crippen LogP contribution >= 0.6 is 0 Å². The van der Waals surface area contributed by atoms with E-state index in [0.29, 0.717) is 59.1 Å². The third-order valence-electron chi connectivity index (χ3n) is 7.08. The number of Topliss-reactive ketones (excluding diaryl/α,β-unsaturated/α-hetero) is 2. The van der Waals surface area contributed by atoms with Gasteiger partial charge in [0.25, 0.3) is 0 Å². The molecule has 3 aromatic carbocycles. The second-order valence-corrected chi connectivity index (χ2v) is 10.2. The Morgan fingerprint density at radius 3 is 2.30 bits per heavy atom. The highest BCUT2D eigenvalue weighted by atomic mass is 19.1. The molecule has 0 unspecified atom stereocenters. The molecule has 1 fully saturated rings. The minimum Gasteiger partial charge on any atom is -0.493 e. The van der Waals surface area contributed by atoms with E-state index in [-0.39, 0.29) is 36.6 Å². The van der Waals surface area contributed by atoms with Gasteiger partial charge in [-0.1, -0.05) is 18.2 Å². The number of fused-ring (bicyclic) bond motifs is 1. The molecule has 2 heterocycles. The maximum Gasteiger partial charge on any atom is 0.166 e. The molecule has 1 aliphatic heterocycles. The first-order valence-corrected chi connectivity index (χ1v) is 14.0. The van der Waals surface area contributed by atoms with Crippen molar-refractivity contribution < 1.29 is 37.3 Å². The Balaban J connectivity index is 1.22. The summed E-state index contributed by atoms with van der Waals surface area (Å²) in [6.07, 6.45) is 1.20. The fourth-order valence-corrected chi connectivity index (χ4v) is 4.86. The Morgan fingerprint density at radius 1 is 0.860 bits per heavy atom. The SMILES string of the molecule is COc1cc2c(Oc3ccc(CC(=O)CC(=O)Cc4ccc(F)cc4)cc3F)ccnc2cc1OCCN1CCOCC1. The molecule has 0 saturated carbocycles. The number of rotatable bonds is 13. The molecule has 1 aliphatic rings. The Hall–Kier alpha value is -4.41. The number of aromatic nitrogens is 1. The third kappa shape index (κ3) is 8.12. The fraction of sp³-hybridized carbons (Fsp3) is 0.303. The molecule has 0 N–H and O–H groups in total. The second kappa shape index (κ2) is 14.2. The summed E-state index contributed by atoms with van der Waals surface area (Å²) in [6, 6.07) is 15.0. The van der Waals surface area contributed by atoms with Gasteiger partial charge >= 0.3 is 0 Å². The number of ketones is 2. The second-order valence-electron chi connectivity index (χ2n) is 10.2. The molecule has 8 nitrogen and oxygen atoms in total. The standard InChI is InChI=1S/C33H32F2N2O6/c1-40-32-20-27-29(21-33(32)42-15-12-37-10-13-41-14-11-37)36-9-8-30(27)43-31-7-4-23(18-28(31)35)17-26(39)19-25(38)16-22-2-5-24(34)6-3-22/h2-9,18,20-21H,10-17,19H2,1H3. The summed E-state index contributed by atoms with van der Waals surface area (Å²) in [6.45, 7) is 4.40. The van der Waals surface area contributed by atoms with Gasteiger partial charge in [0, 0.05) is 50.1 Å². The molecule has 4 aromatic rings. The van der Waals surface area contributed by atoms with E-state index in [9.17, 15) is 14.0 Å². The van der Waals surface area contributed by atoms with Crippen LogP contribution in [0.1, 0.15) is 17.5 Å². The summed E-state index contributed by atoms with van der Waals surface area (Å²) in [5, 5.41) is 0.609. The van der Waals surface area contributed by atoms with Crippen molar-refractivity contribution in [3.63, 3.8) is 0 Å². The minimum absolute atomic E-state index is 0.0270. The predicted molar refractivity (Wildman–Crippen MR) is 156 cm³/mol. The van der Waals surface area contributed by atoms with E-state index in [1.807, 2.05) is 0 Å². The molecule has 5 rings (SSSR count). The lowest BCUT2D eigenvalue weighted by Gasteiger charge is -2.26. The number of nitrogens with zero attached hydrogens (tertiary/aromatic N) is 2. The number of ether oxygens (including phenoxy) is 4. The van der Waals surface area contributed by atoms with Gasteiger partial charge in [-0.05, 0) is 47.5 Å². The monoisotopic (exact) mass is 590 g/mol. The molecule has 10 heteroatoms. The number of carbonyl (C=O) groups excluding carboxylic acids is 2. The van der Waals surface area contributed by atoms with Gasteiger partial charge in [-0.25, -0.2) is 8.78 Å². The highest BCUT2D eigenvalue weighted by Crippen LogP contribution is 2.37. The summed E-state index contributed by atoms with van der Waals surface area (Å²) in [5.41, 5.74) is 1.64. The number of methoxy groups -OCH3 is 1. The van der Waals surface area contributed by atoms with Crippen molar-refractivity contribution in [2.75, 3.05) is 46.6 Å². The van der Waals surface area contributed by atoms with Crippen molar-refractivity contribution in [1.82, 2.24) is 9.88 Å². The van der Waals surface area contributed by atoms with Crippen LogP contribution in [0.2, 0.25) is 0 Å². The first-order valence-electron chi connectivity index (χ1n) is 14.0. The molecule has 0 radical (unpaired) electrons. The highest BCUT2D eigenvalue weighted by Gasteiger charge is 2.17. The average Bonchev–Trinajstić information content (AvgIpc) is 3.00. The number of pyridine rings is 1. The number of hydrogen-bond donors (Lipinski definition) is 0. The van der Waals surface area contributed by atoms with E-state index in [1.165, 1.54) is 36.4 Å². The zero-order valence-electron chi connectivity index (χ0n) is 23.8. The summed E-state index contributed by atoms with van der Waals surface area (Å²) in [7, 11) is 1.54. The van der Waals surface area contributed by atoms with Crippen LogP contribution in [0.15, 0.2) is 66.9 Å². The number of benzene rings is 3. The van der Waals surface area contributed by atoms with Gasteiger partial charge in [-0.3, -0.25) is 19.5 Å². The number of morpholine rings is 1. The Labute approximate surface area is 248 Å². The topological polar surface area (TPSA) is 87.2 Å². The van der Waals surface area contributed by atoms with Crippen LogP contribution in [0, 0.1) is 11.6 Å². The molecular weight excluding hydrogens is 558 g/mol. The van der Waals surface area contributed by atoms with Gasteiger partial charge in [0.1, 0.15) is 29.7 Å². The van der Waals surface area contributed by atoms with Gasteiger partial charge < -0.3 is 18.9 Å². The zero-order chi connectivity index (χ0) is 30.2. The van der Waals surface area contributed by atoms with E-state index in [0.717, 1.165) is 19.6 Å².